The van der Waals surface area contributed by atoms with Crippen LogP contribution < -0.4 is 0 Å². The van der Waals surface area contributed by atoms with Crippen molar-refractivity contribution in [2.24, 2.45) is 0 Å². The Morgan fingerprint density at radius 3 is 2.91 bits per heavy atom. The molecule has 1 aliphatic heterocycles. The molecule has 6 heteroatoms. The molecule has 0 aliphatic carbocycles. The average Bonchev–Trinajstić information content (AvgIpc) is 2.70. The number of hydrogen-bond donors (Lipinski definition) is 0. The van der Waals surface area contributed by atoms with Crippen LogP contribution in [0.4, 0.5) is 10.1 Å². The van der Waals surface area contributed by atoms with E-state index in [2.05, 4.69) is 11.8 Å². The van der Waals surface area contributed by atoms with Gasteiger partial charge in [-0.05, 0) is 43.9 Å². The van der Waals surface area contributed by atoms with Crippen LogP contribution in [0.1, 0.15) is 38.2 Å². The van der Waals surface area contributed by atoms with Gasteiger partial charge in [0, 0.05) is 25.8 Å². The van der Waals surface area contributed by atoms with Crippen molar-refractivity contribution in [3.8, 4) is 0 Å². The molecule has 0 radical (unpaired) electrons. The van der Waals surface area contributed by atoms with E-state index >= 15 is 0 Å². The summed E-state index contributed by atoms with van der Waals surface area (Å²) < 4.78 is 19.5. The van der Waals surface area contributed by atoms with Gasteiger partial charge in [-0.3, -0.25) is 15.0 Å². The fourth-order valence-electron chi connectivity index (χ4n) is 2.79. The Morgan fingerprint density at radius 1 is 1.41 bits per heavy atom. The van der Waals surface area contributed by atoms with Gasteiger partial charge in [0.2, 0.25) is 5.82 Å². The van der Waals surface area contributed by atoms with Crippen molar-refractivity contribution in [1.29, 1.82) is 0 Å². The lowest BCUT2D eigenvalue weighted by atomic mass is 10.1. The Morgan fingerprint density at radius 2 is 2.23 bits per heavy atom. The lowest BCUT2D eigenvalue weighted by Crippen LogP contribution is -2.25. The minimum Gasteiger partial charge on any atom is -0.378 e. The second-order valence-corrected chi connectivity index (χ2v) is 5.74. The molecular formula is C16H23FN2O3. The summed E-state index contributed by atoms with van der Waals surface area (Å²) in [5.41, 5.74) is 0.309. The third kappa shape index (κ3) is 4.74. The molecule has 0 aromatic heterocycles. The van der Waals surface area contributed by atoms with Crippen molar-refractivity contribution in [2.45, 2.75) is 45.3 Å². The first-order valence-corrected chi connectivity index (χ1v) is 7.87. The Balaban J connectivity index is 1.91. The summed E-state index contributed by atoms with van der Waals surface area (Å²) >= 11 is 0. The van der Waals surface area contributed by atoms with Crippen molar-refractivity contribution in [1.82, 2.24) is 4.90 Å². The van der Waals surface area contributed by atoms with Crippen LogP contribution in [0.3, 0.4) is 0 Å². The highest BCUT2D eigenvalue weighted by Gasteiger charge is 2.19. The van der Waals surface area contributed by atoms with Gasteiger partial charge in [0.15, 0.2) is 0 Å². The third-order valence-corrected chi connectivity index (χ3v) is 3.94. The van der Waals surface area contributed by atoms with Gasteiger partial charge in [-0.25, -0.2) is 0 Å². The molecule has 0 saturated carbocycles. The zero-order valence-electron chi connectivity index (χ0n) is 13.0. The highest BCUT2D eigenvalue weighted by Crippen LogP contribution is 2.21. The first kappa shape index (κ1) is 16.8. The van der Waals surface area contributed by atoms with Crippen LogP contribution in [0.5, 0.6) is 0 Å². The largest absolute Gasteiger partial charge is 0.378 e. The molecule has 1 fully saturated rings. The summed E-state index contributed by atoms with van der Waals surface area (Å²) in [6, 6.07) is 4.15. The van der Waals surface area contributed by atoms with Gasteiger partial charge in [0.05, 0.1) is 11.0 Å². The van der Waals surface area contributed by atoms with E-state index in [1.807, 2.05) is 0 Å². The highest BCUT2D eigenvalue weighted by atomic mass is 19.1. The van der Waals surface area contributed by atoms with E-state index in [1.165, 1.54) is 12.1 Å². The SMILES string of the molecule is CCCO[C@@H]1CCCN(Cc2ccc([N+](=O)[O-])c(F)c2)CC1. The second kappa shape index (κ2) is 8.19. The van der Waals surface area contributed by atoms with Gasteiger partial charge in [0.25, 0.3) is 0 Å². The van der Waals surface area contributed by atoms with Crippen LogP contribution in [-0.4, -0.2) is 35.6 Å². The van der Waals surface area contributed by atoms with Crippen LogP contribution in [0.2, 0.25) is 0 Å². The van der Waals surface area contributed by atoms with Crippen molar-refractivity contribution in [3.05, 3.63) is 39.7 Å². The number of nitro benzene ring substituents is 1. The Labute approximate surface area is 130 Å². The van der Waals surface area contributed by atoms with Crippen molar-refractivity contribution in [3.63, 3.8) is 0 Å². The number of hydrogen-bond acceptors (Lipinski definition) is 4. The molecule has 0 N–H and O–H groups in total. The number of nitrogens with zero attached hydrogens (tertiary/aromatic N) is 2. The van der Waals surface area contributed by atoms with Crippen LogP contribution in [0, 0.1) is 15.9 Å². The van der Waals surface area contributed by atoms with Crippen LogP contribution in [0.25, 0.3) is 0 Å². The van der Waals surface area contributed by atoms with Crippen LogP contribution in [-0.2, 0) is 11.3 Å². The van der Waals surface area contributed by atoms with Crippen molar-refractivity contribution < 1.29 is 14.1 Å². The smallest absolute Gasteiger partial charge is 0.304 e. The number of halogens is 1. The molecule has 122 valence electrons. The predicted molar refractivity (Wildman–Crippen MR) is 82.2 cm³/mol. The topological polar surface area (TPSA) is 55.6 Å². The van der Waals surface area contributed by atoms with Gasteiger partial charge >= 0.3 is 5.69 Å². The molecular weight excluding hydrogens is 287 g/mol. The molecule has 1 heterocycles. The van der Waals surface area contributed by atoms with Crippen LogP contribution >= 0.6 is 0 Å². The van der Waals surface area contributed by atoms with Crippen molar-refractivity contribution in [2.75, 3.05) is 19.7 Å². The predicted octanol–water partition coefficient (Wildman–Crippen LogP) is 3.52. The maximum absolute atomic E-state index is 13.7. The summed E-state index contributed by atoms with van der Waals surface area (Å²) in [7, 11) is 0. The molecule has 22 heavy (non-hydrogen) atoms. The van der Waals surface area contributed by atoms with Gasteiger partial charge in [-0.15, -0.1) is 0 Å². The zero-order chi connectivity index (χ0) is 15.9. The molecule has 5 nitrogen and oxygen atoms in total. The number of rotatable bonds is 6. The fraction of sp³-hybridized carbons (Fsp3) is 0.625. The molecule has 1 aromatic rings. The van der Waals surface area contributed by atoms with E-state index in [1.54, 1.807) is 6.07 Å². The molecule has 0 spiro atoms. The molecule has 0 unspecified atom stereocenters. The van der Waals surface area contributed by atoms with E-state index in [9.17, 15) is 14.5 Å². The van der Waals surface area contributed by atoms with Gasteiger partial charge < -0.3 is 4.74 Å². The maximum Gasteiger partial charge on any atom is 0.304 e. The Bertz CT molecular complexity index is 510. The zero-order valence-corrected chi connectivity index (χ0v) is 13.0. The van der Waals surface area contributed by atoms with Gasteiger partial charge in [0.1, 0.15) is 0 Å². The van der Waals surface area contributed by atoms with Gasteiger partial charge in [-0.1, -0.05) is 13.0 Å². The summed E-state index contributed by atoms with van der Waals surface area (Å²) in [5.74, 6) is -0.763. The quantitative estimate of drug-likeness (QED) is 0.596. The van der Waals surface area contributed by atoms with Crippen molar-refractivity contribution >= 4 is 5.69 Å². The van der Waals surface area contributed by atoms with E-state index in [-0.39, 0.29) is 0 Å². The van der Waals surface area contributed by atoms with E-state index in [0.29, 0.717) is 12.6 Å². The lowest BCUT2D eigenvalue weighted by Gasteiger charge is -2.20. The highest BCUT2D eigenvalue weighted by molar-refractivity contribution is 5.34. The van der Waals surface area contributed by atoms with Gasteiger partial charge in [-0.2, -0.15) is 4.39 Å². The average molecular weight is 310 g/mol. The molecule has 0 bridgehead atoms. The third-order valence-electron chi connectivity index (χ3n) is 3.94. The molecule has 1 aliphatic rings. The molecule has 1 aromatic carbocycles. The van der Waals surface area contributed by atoms with Crippen LogP contribution in [0.15, 0.2) is 18.2 Å². The molecule has 1 atom stereocenters. The van der Waals surface area contributed by atoms with E-state index in [0.717, 1.165) is 50.9 Å². The molecule has 2 rings (SSSR count). The molecule has 1 saturated heterocycles. The Kier molecular flexibility index (Phi) is 6.27. The summed E-state index contributed by atoms with van der Waals surface area (Å²) in [6.45, 7) is 5.39. The lowest BCUT2D eigenvalue weighted by molar-refractivity contribution is -0.387. The standard InChI is InChI=1S/C16H23FN2O3/c1-2-10-22-14-4-3-8-18(9-7-14)12-13-5-6-16(19(20)21)15(17)11-13/h5-6,11,14H,2-4,7-10,12H2,1H3/t14-/m1/s1. The monoisotopic (exact) mass is 310 g/mol. The minimum atomic E-state index is -0.763. The number of nitro groups is 1. The van der Waals surface area contributed by atoms with E-state index in [4.69, 9.17) is 4.74 Å². The normalized spacial score (nSPS) is 19.8. The number of ether oxygens (including phenoxy) is 1. The number of likely N-dealkylation sites (tertiary alicyclic amines) is 1. The first-order valence-electron chi connectivity index (χ1n) is 7.87. The summed E-state index contributed by atoms with van der Waals surface area (Å²) in [6.07, 6.45) is 4.45. The fourth-order valence-corrected chi connectivity index (χ4v) is 2.79. The Hall–Kier alpha value is -1.53. The number of benzene rings is 1. The van der Waals surface area contributed by atoms with E-state index < -0.39 is 16.4 Å². The summed E-state index contributed by atoms with van der Waals surface area (Å²) in [5, 5.41) is 10.6. The second-order valence-electron chi connectivity index (χ2n) is 5.74. The summed E-state index contributed by atoms with van der Waals surface area (Å²) in [4.78, 5) is 12.2. The maximum atomic E-state index is 13.7. The first-order chi connectivity index (χ1) is 10.6. The minimum absolute atomic E-state index is 0.318. The molecule has 0 amide bonds.